The van der Waals surface area contributed by atoms with E-state index >= 15 is 0 Å². The molecule has 0 saturated carbocycles. The van der Waals surface area contributed by atoms with Gasteiger partial charge in [-0.25, -0.2) is 5.48 Å². The van der Waals surface area contributed by atoms with Crippen molar-refractivity contribution >= 4 is 23.2 Å². The van der Waals surface area contributed by atoms with Crippen LogP contribution in [0.25, 0.3) is 10.4 Å². The molecule has 0 fully saturated rings. The highest BCUT2D eigenvalue weighted by molar-refractivity contribution is 7.17. The quantitative estimate of drug-likeness (QED) is 0.462. The van der Waals surface area contributed by atoms with Crippen LogP contribution in [0.2, 0.25) is 0 Å². The van der Waals surface area contributed by atoms with Crippen LogP contribution < -0.4 is 15.5 Å². The normalized spacial score (nSPS) is 12.5. The Hall–Kier alpha value is -2.42. The minimum atomic E-state index is -1.24. The molecule has 136 valence electrons. The maximum Gasteiger partial charge on any atom is 0.268 e. The van der Waals surface area contributed by atoms with E-state index < -0.39 is 24.0 Å². The van der Waals surface area contributed by atoms with Crippen molar-refractivity contribution in [2.24, 2.45) is 0 Å². The lowest BCUT2D eigenvalue weighted by Gasteiger charge is -2.18. The molecule has 1 aromatic heterocycles. The second-order valence-corrected chi connectivity index (χ2v) is 6.14. The van der Waals surface area contributed by atoms with Crippen molar-refractivity contribution in [1.29, 1.82) is 0 Å². The van der Waals surface area contributed by atoms with Gasteiger partial charge >= 0.3 is 0 Å². The number of aliphatic hydroxyl groups excluding tert-OH is 1. The third-order valence-corrected chi connectivity index (χ3v) is 4.50. The van der Waals surface area contributed by atoms with E-state index in [2.05, 4.69) is 5.32 Å². The van der Waals surface area contributed by atoms with Crippen LogP contribution in [0.1, 0.15) is 24.0 Å². The number of hydroxylamine groups is 1. The Bertz CT molecular complexity index is 712. The van der Waals surface area contributed by atoms with Crippen molar-refractivity contribution in [2.75, 3.05) is 7.11 Å². The topological polar surface area (TPSA) is 108 Å². The van der Waals surface area contributed by atoms with Gasteiger partial charge < -0.3 is 15.2 Å². The van der Waals surface area contributed by atoms with Crippen LogP contribution in [0.4, 0.5) is 0 Å². The van der Waals surface area contributed by atoms with Crippen LogP contribution in [-0.2, 0) is 4.79 Å². The summed E-state index contributed by atoms with van der Waals surface area (Å²) in [6, 6.07) is 9.59. The Morgan fingerprint density at radius 1 is 1.16 bits per heavy atom. The summed E-state index contributed by atoms with van der Waals surface area (Å²) >= 11 is 1.25. The molecular formula is C17H22N2O5S. The molecule has 0 unspecified atom stereocenters. The molecule has 0 saturated heterocycles. The number of rotatable bonds is 6. The Balaban J connectivity index is 0.00000312. The summed E-state index contributed by atoms with van der Waals surface area (Å²) in [5.41, 5.74) is 2.35. The van der Waals surface area contributed by atoms with E-state index in [0.717, 1.165) is 16.2 Å². The average molecular weight is 366 g/mol. The summed E-state index contributed by atoms with van der Waals surface area (Å²) in [5.74, 6) is -0.650. The number of nitrogens with one attached hydrogen (secondary N) is 2. The van der Waals surface area contributed by atoms with Gasteiger partial charge in [0.25, 0.3) is 11.8 Å². The zero-order valence-electron chi connectivity index (χ0n) is 13.1. The predicted octanol–water partition coefficient (Wildman–Crippen LogP) is 2.04. The fourth-order valence-electron chi connectivity index (χ4n) is 2.06. The molecule has 1 aromatic carbocycles. The summed E-state index contributed by atoms with van der Waals surface area (Å²) in [7, 11) is 1.59. The van der Waals surface area contributed by atoms with E-state index in [4.69, 9.17) is 9.94 Å². The number of thiophene rings is 1. The zero-order valence-corrected chi connectivity index (χ0v) is 14.0. The maximum absolute atomic E-state index is 12.2. The van der Waals surface area contributed by atoms with Gasteiger partial charge in [0.2, 0.25) is 0 Å². The number of ether oxygens (including phenoxy) is 1. The van der Waals surface area contributed by atoms with Gasteiger partial charge in [-0.15, -0.1) is 11.3 Å². The van der Waals surface area contributed by atoms with Gasteiger partial charge in [0.1, 0.15) is 11.8 Å². The highest BCUT2D eigenvalue weighted by Gasteiger charge is 2.26. The number of carbonyl (C=O) groups excluding carboxylic acids is 2. The van der Waals surface area contributed by atoms with Crippen LogP contribution in [0.3, 0.4) is 0 Å². The predicted molar refractivity (Wildman–Crippen MR) is 95.9 cm³/mol. The first-order chi connectivity index (χ1) is 11.5. The number of methoxy groups -OCH3 is 1. The van der Waals surface area contributed by atoms with E-state index in [-0.39, 0.29) is 7.43 Å². The molecule has 7 nitrogen and oxygen atoms in total. The number of amides is 2. The minimum Gasteiger partial charge on any atom is -0.497 e. The minimum absolute atomic E-state index is 0. The van der Waals surface area contributed by atoms with Crippen molar-refractivity contribution in [1.82, 2.24) is 10.8 Å². The first-order valence-electron chi connectivity index (χ1n) is 7.13. The fourth-order valence-corrected chi connectivity index (χ4v) is 2.97. The van der Waals surface area contributed by atoms with E-state index in [1.54, 1.807) is 19.2 Å². The van der Waals surface area contributed by atoms with E-state index in [1.807, 2.05) is 24.3 Å². The van der Waals surface area contributed by atoms with E-state index in [0.29, 0.717) is 4.88 Å². The van der Waals surface area contributed by atoms with Crippen LogP contribution in [0, 0.1) is 0 Å². The number of hydrogen-bond donors (Lipinski definition) is 4. The lowest BCUT2D eigenvalue weighted by atomic mass is 10.1. The van der Waals surface area contributed by atoms with Gasteiger partial charge in [0.15, 0.2) is 0 Å². The molecule has 25 heavy (non-hydrogen) atoms. The van der Waals surface area contributed by atoms with Crippen molar-refractivity contribution in [3.8, 4) is 16.2 Å². The van der Waals surface area contributed by atoms with Crippen LogP contribution >= 0.6 is 11.3 Å². The standard InChI is InChI=1S/C16H18N2O5S.CH4/c1-9(19)14(16(21)18-22)17-15(20)13-8-7-12(24-13)10-3-5-11(23-2)6-4-10;/h3-9,14,19,22H,1-2H3,(H,17,20)(H,18,21);1H4/t9-,14+;/m1./s1. The number of hydrogen-bond acceptors (Lipinski definition) is 6. The number of carbonyl (C=O) groups is 2. The van der Waals surface area contributed by atoms with Crippen molar-refractivity contribution in [2.45, 2.75) is 26.5 Å². The third-order valence-electron chi connectivity index (χ3n) is 3.37. The van der Waals surface area contributed by atoms with E-state index in [9.17, 15) is 14.7 Å². The fraction of sp³-hybridized carbons (Fsp3) is 0.294. The van der Waals surface area contributed by atoms with Gasteiger partial charge in [0.05, 0.1) is 18.1 Å². The molecular weight excluding hydrogens is 344 g/mol. The molecule has 4 N–H and O–H groups in total. The second-order valence-electron chi connectivity index (χ2n) is 5.06. The zero-order chi connectivity index (χ0) is 17.7. The Morgan fingerprint density at radius 2 is 1.80 bits per heavy atom. The largest absolute Gasteiger partial charge is 0.497 e. The molecule has 0 bridgehead atoms. The summed E-state index contributed by atoms with van der Waals surface area (Å²) in [4.78, 5) is 25.0. The van der Waals surface area contributed by atoms with Gasteiger partial charge in [0, 0.05) is 4.88 Å². The van der Waals surface area contributed by atoms with Crippen molar-refractivity contribution in [3.05, 3.63) is 41.3 Å². The molecule has 8 heteroatoms. The molecule has 0 aliphatic rings. The number of benzene rings is 1. The highest BCUT2D eigenvalue weighted by atomic mass is 32.1. The average Bonchev–Trinajstić information content (AvgIpc) is 3.08. The van der Waals surface area contributed by atoms with Gasteiger partial charge in [-0.3, -0.25) is 14.8 Å². The summed E-state index contributed by atoms with van der Waals surface area (Å²) in [5, 5.41) is 20.6. The van der Waals surface area contributed by atoms with Gasteiger partial charge in [-0.05, 0) is 48.9 Å². The molecule has 2 aromatic rings. The Labute approximate surface area is 150 Å². The molecule has 2 amide bonds. The summed E-state index contributed by atoms with van der Waals surface area (Å²) < 4.78 is 5.10. The van der Waals surface area contributed by atoms with Crippen LogP contribution in [-0.4, -0.2) is 41.4 Å². The smallest absolute Gasteiger partial charge is 0.268 e. The SMILES string of the molecule is C.COc1ccc(-c2ccc(C(=O)N[C@H](C(=O)NO)[C@@H](C)O)s2)cc1. The highest BCUT2D eigenvalue weighted by Crippen LogP contribution is 2.29. The molecule has 2 rings (SSSR count). The monoisotopic (exact) mass is 366 g/mol. The molecule has 0 spiro atoms. The molecule has 2 atom stereocenters. The molecule has 0 aliphatic carbocycles. The summed E-state index contributed by atoms with van der Waals surface area (Å²) in [6.07, 6.45) is -1.15. The summed E-state index contributed by atoms with van der Waals surface area (Å²) in [6.45, 7) is 1.34. The van der Waals surface area contributed by atoms with Gasteiger partial charge in [-0.1, -0.05) is 7.43 Å². The lowest BCUT2D eigenvalue weighted by molar-refractivity contribution is -0.133. The van der Waals surface area contributed by atoms with Crippen molar-refractivity contribution in [3.63, 3.8) is 0 Å². The molecule has 0 radical (unpaired) electrons. The molecule has 1 heterocycles. The first kappa shape index (κ1) is 20.6. The first-order valence-corrected chi connectivity index (χ1v) is 7.95. The van der Waals surface area contributed by atoms with Crippen LogP contribution in [0.15, 0.2) is 36.4 Å². The maximum atomic E-state index is 12.2. The second kappa shape index (κ2) is 9.16. The third kappa shape index (κ3) is 5.02. The lowest BCUT2D eigenvalue weighted by Crippen LogP contribution is -2.51. The molecule has 0 aliphatic heterocycles. The van der Waals surface area contributed by atoms with Crippen molar-refractivity contribution < 1.29 is 24.6 Å². The number of aliphatic hydroxyl groups is 1. The Morgan fingerprint density at radius 3 is 2.32 bits per heavy atom. The van der Waals surface area contributed by atoms with Gasteiger partial charge in [-0.2, -0.15) is 0 Å². The Kier molecular flexibility index (Phi) is 7.56. The van der Waals surface area contributed by atoms with E-state index in [1.165, 1.54) is 23.7 Å². The van der Waals surface area contributed by atoms with Crippen LogP contribution in [0.5, 0.6) is 5.75 Å².